The van der Waals surface area contributed by atoms with Crippen molar-refractivity contribution < 1.29 is 17.9 Å². The number of halogens is 4. The van der Waals surface area contributed by atoms with Crippen LogP contribution in [0.3, 0.4) is 0 Å². The minimum Gasteiger partial charge on any atom is -0.404 e. The summed E-state index contributed by atoms with van der Waals surface area (Å²) in [5, 5.41) is 0. The van der Waals surface area contributed by atoms with Crippen LogP contribution in [0.25, 0.3) is 0 Å². The standard InChI is InChI=1S/C12H14BrF3N2O/c13-8-3-4-10(11(6-8)19-12(14,15)16)18-5-1-2-9(17)7-18/h3-4,6,9H,1-2,5,7,17H2. The highest BCUT2D eigenvalue weighted by atomic mass is 79.9. The molecule has 2 N–H and O–H groups in total. The molecule has 19 heavy (non-hydrogen) atoms. The molecule has 1 aromatic carbocycles. The van der Waals surface area contributed by atoms with E-state index in [9.17, 15) is 13.2 Å². The lowest BCUT2D eigenvalue weighted by Gasteiger charge is -2.33. The maximum Gasteiger partial charge on any atom is 0.573 e. The number of ether oxygens (including phenoxy) is 1. The summed E-state index contributed by atoms with van der Waals surface area (Å²) in [6.07, 6.45) is -2.95. The van der Waals surface area contributed by atoms with E-state index in [0.717, 1.165) is 12.8 Å². The second-order valence-corrected chi connectivity index (χ2v) is 5.42. The summed E-state index contributed by atoms with van der Waals surface area (Å²) < 4.78 is 41.9. The van der Waals surface area contributed by atoms with Gasteiger partial charge < -0.3 is 15.4 Å². The Morgan fingerprint density at radius 3 is 2.74 bits per heavy atom. The van der Waals surface area contributed by atoms with Crippen LogP contribution in [0.4, 0.5) is 18.9 Å². The molecule has 1 saturated heterocycles. The van der Waals surface area contributed by atoms with E-state index >= 15 is 0 Å². The molecule has 7 heteroatoms. The van der Waals surface area contributed by atoms with Crippen molar-refractivity contribution in [3.63, 3.8) is 0 Å². The topological polar surface area (TPSA) is 38.5 Å². The fourth-order valence-electron chi connectivity index (χ4n) is 2.18. The van der Waals surface area contributed by atoms with Gasteiger partial charge in [-0.25, -0.2) is 0 Å². The summed E-state index contributed by atoms with van der Waals surface area (Å²) in [4.78, 5) is 1.84. The van der Waals surface area contributed by atoms with E-state index in [1.54, 1.807) is 12.1 Å². The summed E-state index contributed by atoms with van der Waals surface area (Å²) >= 11 is 3.15. The highest BCUT2D eigenvalue weighted by molar-refractivity contribution is 9.10. The molecule has 1 fully saturated rings. The first-order valence-corrected chi connectivity index (χ1v) is 6.70. The third-order valence-electron chi connectivity index (χ3n) is 2.95. The Kier molecular flexibility index (Phi) is 4.25. The summed E-state index contributed by atoms with van der Waals surface area (Å²) in [7, 11) is 0. The van der Waals surface area contributed by atoms with Crippen molar-refractivity contribution in [1.29, 1.82) is 0 Å². The number of benzene rings is 1. The average Bonchev–Trinajstić information content (AvgIpc) is 2.26. The molecule has 2 rings (SSSR count). The molecule has 1 aliphatic rings. The van der Waals surface area contributed by atoms with Crippen LogP contribution in [0.15, 0.2) is 22.7 Å². The number of hydrogen-bond donors (Lipinski definition) is 1. The summed E-state index contributed by atoms with van der Waals surface area (Å²) in [5.41, 5.74) is 6.28. The first kappa shape index (κ1) is 14.5. The third-order valence-corrected chi connectivity index (χ3v) is 3.44. The van der Waals surface area contributed by atoms with Gasteiger partial charge in [0, 0.05) is 23.6 Å². The van der Waals surface area contributed by atoms with Crippen molar-refractivity contribution >= 4 is 21.6 Å². The van der Waals surface area contributed by atoms with Crippen molar-refractivity contribution in [2.75, 3.05) is 18.0 Å². The fourth-order valence-corrected chi connectivity index (χ4v) is 2.52. The predicted molar refractivity (Wildman–Crippen MR) is 70.2 cm³/mol. The van der Waals surface area contributed by atoms with Crippen LogP contribution in [-0.2, 0) is 0 Å². The Morgan fingerprint density at radius 1 is 1.37 bits per heavy atom. The van der Waals surface area contributed by atoms with E-state index in [0.29, 0.717) is 23.2 Å². The van der Waals surface area contributed by atoms with Gasteiger partial charge in [0.15, 0.2) is 5.75 Å². The van der Waals surface area contributed by atoms with Crippen LogP contribution in [-0.4, -0.2) is 25.5 Å². The quantitative estimate of drug-likeness (QED) is 0.899. The minimum atomic E-state index is -4.70. The number of nitrogens with zero attached hydrogens (tertiary/aromatic N) is 1. The molecule has 0 saturated carbocycles. The molecule has 0 radical (unpaired) electrons. The van der Waals surface area contributed by atoms with Gasteiger partial charge in [-0.2, -0.15) is 0 Å². The molecule has 1 unspecified atom stereocenters. The molecule has 0 amide bonds. The smallest absolute Gasteiger partial charge is 0.404 e. The van der Waals surface area contributed by atoms with Gasteiger partial charge in [0.1, 0.15) is 0 Å². The highest BCUT2D eigenvalue weighted by Crippen LogP contribution is 2.36. The molecule has 0 bridgehead atoms. The van der Waals surface area contributed by atoms with Gasteiger partial charge in [0.2, 0.25) is 0 Å². The lowest BCUT2D eigenvalue weighted by molar-refractivity contribution is -0.274. The fraction of sp³-hybridized carbons (Fsp3) is 0.500. The Morgan fingerprint density at radius 2 is 2.11 bits per heavy atom. The second-order valence-electron chi connectivity index (χ2n) is 4.51. The maximum absolute atomic E-state index is 12.4. The molecule has 0 aromatic heterocycles. The third kappa shape index (κ3) is 4.01. The van der Waals surface area contributed by atoms with Crippen LogP contribution in [0.5, 0.6) is 5.75 Å². The van der Waals surface area contributed by atoms with Crippen LogP contribution < -0.4 is 15.4 Å². The van der Waals surface area contributed by atoms with Gasteiger partial charge in [-0.3, -0.25) is 0 Å². The van der Waals surface area contributed by atoms with Crippen LogP contribution in [0.1, 0.15) is 12.8 Å². The summed E-state index contributed by atoms with van der Waals surface area (Å²) in [6, 6.07) is 4.61. The monoisotopic (exact) mass is 338 g/mol. The highest BCUT2D eigenvalue weighted by Gasteiger charge is 2.33. The molecule has 0 aliphatic carbocycles. The molecule has 1 aromatic rings. The van der Waals surface area contributed by atoms with E-state index in [1.807, 2.05) is 4.90 Å². The van der Waals surface area contributed by atoms with Crippen molar-refractivity contribution in [3.8, 4) is 5.75 Å². The second kappa shape index (κ2) is 5.58. The zero-order chi connectivity index (χ0) is 14.0. The predicted octanol–water partition coefficient (Wildman–Crippen LogP) is 3.28. The largest absolute Gasteiger partial charge is 0.573 e. The number of rotatable bonds is 2. The first-order chi connectivity index (χ1) is 8.85. The Bertz CT molecular complexity index is 453. The van der Waals surface area contributed by atoms with Crippen molar-refractivity contribution in [1.82, 2.24) is 0 Å². The van der Waals surface area contributed by atoms with E-state index in [2.05, 4.69) is 20.7 Å². The Balaban J connectivity index is 2.28. The minimum absolute atomic E-state index is 0.0175. The van der Waals surface area contributed by atoms with E-state index in [-0.39, 0.29) is 11.8 Å². The number of alkyl halides is 3. The molecule has 1 aliphatic heterocycles. The number of hydrogen-bond acceptors (Lipinski definition) is 3. The van der Waals surface area contributed by atoms with Crippen molar-refractivity contribution in [2.45, 2.75) is 25.2 Å². The molecule has 3 nitrogen and oxygen atoms in total. The van der Waals surface area contributed by atoms with Gasteiger partial charge in [-0.05, 0) is 31.0 Å². The molecule has 1 heterocycles. The van der Waals surface area contributed by atoms with Gasteiger partial charge in [0.25, 0.3) is 0 Å². The van der Waals surface area contributed by atoms with Gasteiger partial charge in [-0.15, -0.1) is 13.2 Å². The lowest BCUT2D eigenvalue weighted by Crippen LogP contribution is -2.43. The average molecular weight is 339 g/mol. The van der Waals surface area contributed by atoms with Crippen LogP contribution in [0.2, 0.25) is 0 Å². The van der Waals surface area contributed by atoms with Crippen LogP contribution >= 0.6 is 15.9 Å². The number of nitrogens with two attached hydrogens (primary N) is 1. The molecule has 1 atom stereocenters. The van der Waals surface area contributed by atoms with Gasteiger partial charge >= 0.3 is 6.36 Å². The maximum atomic E-state index is 12.4. The molecular formula is C12H14BrF3N2O. The number of piperidine rings is 1. The molecule has 106 valence electrons. The van der Waals surface area contributed by atoms with Gasteiger partial charge in [-0.1, -0.05) is 15.9 Å². The lowest BCUT2D eigenvalue weighted by atomic mass is 10.1. The first-order valence-electron chi connectivity index (χ1n) is 5.91. The zero-order valence-electron chi connectivity index (χ0n) is 10.1. The van der Waals surface area contributed by atoms with E-state index in [4.69, 9.17) is 5.73 Å². The van der Waals surface area contributed by atoms with Gasteiger partial charge in [0.05, 0.1) is 5.69 Å². The van der Waals surface area contributed by atoms with Crippen LogP contribution in [0, 0.1) is 0 Å². The van der Waals surface area contributed by atoms with Crippen molar-refractivity contribution in [3.05, 3.63) is 22.7 Å². The van der Waals surface area contributed by atoms with E-state index in [1.165, 1.54) is 6.07 Å². The summed E-state index contributed by atoms with van der Waals surface area (Å²) in [6.45, 7) is 1.22. The zero-order valence-corrected chi connectivity index (χ0v) is 11.7. The Hall–Kier alpha value is -0.950. The normalized spacial score (nSPS) is 20.5. The molecular weight excluding hydrogens is 325 g/mol. The number of anilines is 1. The Labute approximate surface area is 117 Å². The van der Waals surface area contributed by atoms with E-state index < -0.39 is 6.36 Å². The summed E-state index contributed by atoms with van der Waals surface area (Å²) in [5.74, 6) is -0.198. The van der Waals surface area contributed by atoms with Crippen molar-refractivity contribution in [2.24, 2.45) is 5.73 Å². The molecule has 0 spiro atoms. The SMILES string of the molecule is NC1CCCN(c2ccc(Br)cc2OC(F)(F)F)C1.